The molecule has 0 heteroatoms. The first-order chi connectivity index (χ1) is 23.8. The number of fused-ring (bicyclic) bond motifs is 3. The molecule has 9 rings (SSSR count). The molecule has 0 amide bonds. The molecule has 0 unspecified atom stereocenters. The molecule has 9 aromatic rings. The van der Waals surface area contributed by atoms with Crippen LogP contribution in [0.15, 0.2) is 194 Å². The Morgan fingerprint density at radius 2 is 0.646 bits per heavy atom. The molecule has 0 aromatic heterocycles. The van der Waals surface area contributed by atoms with E-state index in [-0.39, 0.29) is 0 Å². The van der Waals surface area contributed by atoms with E-state index in [0.29, 0.717) is 0 Å². The molecule has 0 nitrogen and oxygen atoms in total. The highest BCUT2D eigenvalue weighted by Gasteiger charge is 2.20. The highest BCUT2D eigenvalue weighted by Crippen LogP contribution is 2.48. The van der Waals surface area contributed by atoms with Gasteiger partial charge in [-0.25, -0.2) is 0 Å². The van der Waals surface area contributed by atoms with Crippen LogP contribution < -0.4 is 0 Å². The first-order valence-electron chi connectivity index (χ1n) is 16.6. The van der Waals surface area contributed by atoms with Crippen LogP contribution in [0.25, 0.3) is 88.0 Å². The zero-order valence-corrected chi connectivity index (χ0v) is 26.5. The van der Waals surface area contributed by atoms with Gasteiger partial charge in [0.15, 0.2) is 0 Å². The third-order valence-corrected chi connectivity index (χ3v) is 9.69. The second-order valence-corrected chi connectivity index (χ2v) is 12.4. The van der Waals surface area contributed by atoms with Gasteiger partial charge in [-0.15, -0.1) is 0 Å². The summed E-state index contributed by atoms with van der Waals surface area (Å²) in [4.78, 5) is 0. The van der Waals surface area contributed by atoms with Crippen molar-refractivity contribution in [1.29, 1.82) is 0 Å². The summed E-state index contributed by atoms with van der Waals surface area (Å²) in [5, 5.41) is 7.55. The summed E-state index contributed by atoms with van der Waals surface area (Å²) < 4.78 is 0. The maximum atomic E-state index is 2.42. The zero-order chi connectivity index (χ0) is 31.9. The molecule has 0 aliphatic rings. The molecule has 0 fully saturated rings. The molecule has 48 heavy (non-hydrogen) atoms. The number of rotatable bonds is 5. The monoisotopic (exact) mass is 608 g/mol. The van der Waals surface area contributed by atoms with Crippen molar-refractivity contribution in [2.24, 2.45) is 0 Å². The van der Waals surface area contributed by atoms with E-state index in [4.69, 9.17) is 0 Å². The van der Waals surface area contributed by atoms with Crippen LogP contribution in [-0.2, 0) is 0 Å². The van der Waals surface area contributed by atoms with Crippen LogP contribution in [0.2, 0.25) is 0 Å². The molecular weight excluding hydrogens is 577 g/mol. The van der Waals surface area contributed by atoms with Gasteiger partial charge >= 0.3 is 0 Å². The maximum Gasteiger partial charge on any atom is -0.00199 e. The van der Waals surface area contributed by atoms with Crippen LogP contribution in [0.5, 0.6) is 0 Å². The molecule has 0 spiro atoms. The van der Waals surface area contributed by atoms with E-state index in [2.05, 4.69) is 194 Å². The minimum absolute atomic E-state index is 1.21. The standard InChI is InChI=1S/C48H32/c1-3-14-33(15-4-1)34-26-28-35(29-27-34)38-30-31-45-46(32-38)48(41-22-10-9-21-39(41)36-16-5-2-6-17-36)44-24-12-11-23-43(44)47(45)42-25-13-19-37-18-7-8-20-40(37)42/h1-32H. The lowest BCUT2D eigenvalue weighted by atomic mass is 9.82. The van der Waals surface area contributed by atoms with Crippen LogP contribution in [0.1, 0.15) is 0 Å². The van der Waals surface area contributed by atoms with E-state index in [1.54, 1.807) is 0 Å². The molecule has 0 atom stereocenters. The molecule has 0 aliphatic heterocycles. The summed E-state index contributed by atoms with van der Waals surface area (Å²) in [6.07, 6.45) is 0. The van der Waals surface area contributed by atoms with Crippen molar-refractivity contribution in [1.82, 2.24) is 0 Å². The Morgan fingerprint density at radius 1 is 0.208 bits per heavy atom. The first kappa shape index (κ1) is 28.0. The lowest BCUT2D eigenvalue weighted by molar-refractivity contribution is 1.59. The molecule has 0 saturated carbocycles. The summed E-state index contributed by atoms with van der Waals surface area (Å²) in [6, 6.07) is 70.7. The van der Waals surface area contributed by atoms with E-state index in [1.165, 1.54) is 88.0 Å². The quantitative estimate of drug-likeness (QED) is 0.171. The Morgan fingerprint density at radius 3 is 1.35 bits per heavy atom. The van der Waals surface area contributed by atoms with E-state index < -0.39 is 0 Å². The molecule has 9 aromatic carbocycles. The van der Waals surface area contributed by atoms with Crippen molar-refractivity contribution < 1.29 is 0 Å². The predicted molar refractivity (Wildman–Crippen MR) is 206 cm³/mol. The van der Waals surface area contributed by atoms with E-state index in [0.717, 1.165) is 0 Å². The van der Waals surface area contributed by atoms with Gasteiger partial charge in [0.25, 0.3) is 0 Å². The summed E-state index contributed by atoms with van der Waals surface area (Å²) in [5.74, 6) is 0. The number of hydrogen-bond acceptors (Lipinski definition) is 0. The second-order valence-electron chi connectivity index (χ2n) is 12.4. The van der Waals surface area contributed by atoms with Gasteiger partial charge in [-0.05, 0) is 94.0 Å². The lowest BCUT2D eigenvalue weighted by Gasteiger charge is -2.21. The molecule has 224 valence electrons. The second kappa shape index (κ2) is 11.8. The SMILES string of the molecule is c1ccc(-c2ccc(-c3ccc4c(-c5cccc6ccccc56)c5ccccc5c(-c5ccccc5-c5ccccc5)c4c3)cc2)cc1. The van der Waals surface area contributed by atoms with Gasteiger partial charge in [0.1, 0.15) is 0 Å². The van der Waals surface area contributed by atoms with E-state index >= 15 is 0 Å². The maximum absolute atomic E-state index is 2.42. The van der Waals surface area contributed by atoms with Crippen LogP contribution in [0.3, 0.4) is 0 Å². The molecule has 0 radical (unpaired) electrons. The van der Waals surface area contributed by atoms with Gasteiger partial charge in [-0.3, -0.25) is 0 Å². The minimum Gasteiger partial charge on any atom is -0.0622 e. The fourth-order valence-corrected chi connectivity index (χ4v) is 7.44. The molecular formula is C48H32. The third-order valence-electron chi connectivity index (χ3n) is 9.69. The van der Waals surface area contributed by atoms with Gasteiger partial charge in [0.2, 0.25) is 0 Å². The Hall–Kier alpha value is -6.24. The summed E-state index contributed by atoms with van der Waals surface area (Å²) in [5.41, 5.74) is 12.4. The highest BCUT2D eigenvalue weighted by molar-refractivity contribution is 6.24. The summed E-state index contributed by atoms with van der Waals surface area (Å²) >= 11 is 0. The number of hydrogen-bond donors (Lipinski definition) is 0. The van der Waals surface area contributed by atoms with Crippen molar-refractivity contribution in [2.75, 3.05) is 0 Å². The Labute approximate surface area is 281 Å². The van der Waals surface area contributed by atoms with Crippen LogP contribution in [0, 0.1) is 0 Å². The van der Waals surface area contributed by atoms with Gasteiger partial charge in [0, 0.05) is 0 Å². The smallest absolute Gasteiger partial charge is 0.00199 e. The normalized spacial score (nSPS) is 11.3. The van der Waals surface area contributed by atoms with Gasteiger partial charge in [-0.2, -0.15) is 0 Å². The Bertz CT molecular complexity index is 2570. The molecule has 0 N–H and O–H groups in total. The van der Waals surface area contributed by atoms with Crippen molar-refractivity contribution >= 4 is 32.3 Å². The van der Waals surface area contributed by atoms with Crippen LogP contribution >= 0.6 is 0 Å². The third kappa shape index (κ3) is 4.78. The predicted octanol–water partition coefficient (Wildman–Crippen LogP) is 13.5. The van der Waals surface area contributed by atoms with Crippen molar-refractivity contribution in [3.05, 3.63) is 194 Å². The van der Waals surface area contributed by atoms with Gasteiger partial charge in [0.05, 0.1) is 0 Å². The Kier molecular flexibility index (Phi) is 6.91. The number of benzene rings is 9. The topological polar surface area (TPSA) is 0 Å². The average Bonchev–Trinajstić information content (AvgIpc) is 3.17. The highest BCUT2D eigenvalue weighted by atomic mass is 14.2. The van der Waals surface area contributed by atoms with Gasteiger partial charge in [-0.1, -0.05) is 188 Å². The molecule has 0 aliphatic carbocycles. The summed E-state index contributed by atoms with van der Waals surface area (Å²) in [7, 11) is 0. The minimum atomic E-state index is 1.21. The largest absolute Gasteiger partial charge is 0.0622 e. The van der Waals surface area contributed by atoms with Crippen LogP contribution in [0.4, 0.5) is 0 Å². The van der Waals surface area contributed by atoms with Crippen molar-refractivity contribution in [2.45, 2.75) is 0 Å². The van der Waals surface area contributed by atoms with Crippen molar-refractivity contribution in [3.8, 4) is 55.6 Å². The Balaban J connectivity index is 1.37. The fourth-order valence-electron chi connectivity index (χ4n) is 7.44. The average molecular weight is 609 g/mol. The first-order valence-corrected chi connectivity index (χ1v) is 16.6. The molecule has 0 heterocycles. The van der Waals surface area contributed by atoms with E-state index in [1.807, 2.05) is 0 Å². The van der Waals surface area contributed by atoms with E-state index in [9.17, 15) is 0 Å². The molecule has 0 bridgehead atoms. The fraction of sp³-hybridized carbons (Fsp3) is 0. The zero-order valence-electron chi connectivity index (χ0n) is 26.5. The van der Waals surface area contributed by atoms with Gasteiger partial charge < -0.3 is 0 Å². The molecule has 0 saturated heterocycles. The van der Waals surface area contributed by atoms with Crippen molar-refractivity contribution in [3.63, 3.8) is 0 Å². The summed E-state index contributed by atoms with van der Waals surface area (Å²) in [6.45, 7) is 0. The van der Waals surface area contributed by atoms with Crippen LogP contribution in [-0.4, -0.2) is 0 Å². The lowest BCUT2D eigenvalue weighted by Crippen LogP contribution is -1.94.